The van der Waals surface area contributed by atoms with Crippen LogP contribution in [0.1, 0.15) is 43.1 Å². The summed E-state index contributed by atoms with van der Waals surface area (Å²) >= 11 is 0. The molecule has 1 atom stereocenters. The molecule has 0 bridgehead atoms. The van der Waals surface area contributed by atoms with Gasteiger partial charge < -0.3 is 0 Å². The molecule has 1 fully saturated rings. The Hall–Kier alpha value is -2.54. The first-order chi connectivity index (χ1) is 11.8. The summed E-state index contributed by atoms with van der Waals surface area (Å²) in [5.74, 6) is 1.49. The van der Waals surface area contributed by atoms with Gasteiger partial charge in [0.05, 0.1) is 17.9 Å². The number of H-pyrrole nitrogens is 1. The molecule has 0 amide bonds. The molecule has 24 heavy (non-hydrogen) atoms. The molecule has 1 aliphatic heterocycles. The highest BCUT2D eigenvalue weighted by Crippen LogP contribution is 2.31. The van der Waals surface area contributed by atoms with Crippen LogP contribution in [0.15, 0.2) is 42.7 Å². The summed E-state index contributed by atoms with van der Waals surface area (Å²) in [5, 5.41) is 19.3. The SMILES string of the molecule is C[C@@H](c1nnnn1-c1ccccc1)N1CCC(c2cn[nH]c2)CC1. The lowest BCUT2D eigenvalue weighted by atomic mass is 9.91. The van der Waals surface area contributed by atoms with Crippen LogP contribution in [0.5, 0.6) is 0 Å². The summed E-state index contributed by atoms with van der Waals surface area (Å²) in [6, 6.07) is 10.2. The molecule has 0 saturated carbocycles. The molecule has 0 spiro atoms. The molecule has 1 aliphatic rings. The molecule has 2 aromatic heterocycles. The topological polar surface area (TPSA) is 75.5 Å². The molecule has 0 aliphatic carbocycles. The average Bonchev–Trinajstić information content (AvgIpc) is 3.34. The summed E-state index contributed by atoms with van der Waals surface area (Å²) in [5.41, 5.74) is 2.31. The number of para-hydroxylation sites is 1. The number of hydrogen-bond acceptors (Lipinski definition) is 5. The first kappa shape index (κ1) is 15.0. The highest BCUT2D eigenvalue weighted by Gasteiger charge is 2.28. The minimum atomic E-state index is 0.186. The van der Waals surface area contributed by atoms with Crippen molar-refractivity contribution in [1.82, 2.24) is 35.3 Å². The van der Waals surface area contributed by atoms with Gasteiger partial charge in [-0.3, -0.25) is 10.00 Å². The molecule has 1 aromatic carbocycles. The molecule has 3 aromatic rings. The Morgan fingerprint density at radius 3 is 2.67 bits per heavy atom. The van der Waals surface area contributed by atoms with Gasteiger partial charge in [0.15, 0.2) is 5.82 Å². The van der Waals surface area contributed by atoms with Crippen LogP contribution in [0.25, 0.3) is 5.69 Å². The molecule has 1 saturated heterocycles. The number of aromatic amines is 1. The molecular formula is C17H21N7. The average molecular weight is 323 g/mol. The minimum Gasteiger partial charge on any atom is -0.294 e. The Labute approximate surface area is 140 Å². The molecule has 124 valence electrons. The quantitative estimate of drug-likeness (QED) is 0.797. The fourth-order valence-corrected chi connectivity index (χ4v) is 3.48. The zero-order valence-electron chi connectivity index (χ0n) is 13.7. The van der Waals surface area contributed by atoms with Gasteiger partial charge in [0, 0.05) is 6.20 Å². The van der Waals surface area contributed by atoms with Crippen molar-refractivity contribution in [2.45, 2.75) is 31.7 Å². The van der Waals surface area contributed by atoms with E-state index in [1.54, 1.807) is 0 Å². The molecule has 4 rings (SSSR count). The number of nitrogens with one attached hydrogen (secondary N) is 1. The number of rotatable bonds is 4. The summed E-state index contributed by atoms with van der Waals surface area (Å²) in [6.45, 7) is 4.26. The maximum atomic E-state index is 4.28. The van der Waals surface area contributed by atoms with Crippen molar-refractivity contribution in [3.63, 3.8) is 0 Å². The van der Waals surface area contributed by atoms with Gasteiger partial charge in [0.25, 0.3) is 0 Å². The van der Waals surface area contributed by atoms with Crippen LogP contribution >= 0.6 is 0 Å². The second-order valence-electron chi connectivity index (χ2n) is 6.30. The number of piperidine rings is 1. The van der Waals surface area contributed by atoms with Crippen molar-refractivity contribution in [2.24, 2.45) is 0 Å². The largest absolute Gasteiger partial charge is 0.294 e. The van der Waals surface area contributed by atoms with Crippen LogP contribution in [0.4, 0.5) is 0 Å². The third kappa shape index (κ3) is 2.82. The summed E-state index contributed by atoms with van der Waals surface area (Å²) in [6.07, 6.45) is 6.23. The Balaban J connectivity index is 1.48. The van der Waals surface area contributed by atoms with Gasteiger partial charge in [-0.1, -0.05) is 18.2 Å². The van der Waals surface area contributed by atoms with E-state index in [1.807, 2.05) is 47.4 Å². The normalized spacial score (nSPS) is 17.9. The van der Waals surface area contributed by atoms with E-state index in [0.717, 1.165) is 37.4 Å². The molecule has 0 radical (unpaired) electrons. The first-order valence-electron chi connectivity index (χ1n) is 8.39. The van der Waals surface area contributed by atoms with E-state index in [2.05, 4.69) is 37.5 Å². The monoisotopic (exact) mass is 323 g/mol. The van der Waals surface area contributed by atoms with Crippen LogP contribution in [-0.2, 0) is 0 Å². The van der Waals surface area contributed by atoms with Gasteiger partial charge >= 0.3 is 0 Å². The van der Waals surface area contributed by atoms with Crippen molar-refractivity contribution < 1.29 is 0 Å². The third-order valence-electron chi connectivity index (χ3n) is 4.94. The van der Waals surface area contributed by atoms with E-state index in [9.17, 15) is 0 Å². The summed E-state index contributed by atoms with van der Waals surface area (Å²) < 4.78 is 1.84. The molecule has 7 nitrogen and oxygen atoms in total. The highest BCUT2D eigenvalue weighted by molar-refractivity contribution is 5.31. The number of nitrogens with zero attached hydrogens (tertiary/aromatic N) is 6. The van der Waals surface area contributed by atoms with Crippen LogP contribution in [0.3, 0.4) is 0 Å². The smallest absolute Gasteiger partial charge is 0.173 e. The van der Waals surface area contributed by atoms with E-state index < -0.39 is 0 Å². The van der Waals surface area contributed by atoms with Crippen LogP contribution in [0, 0.1) is 0 Å². The number of tetrazole rings is 1. The van der Waals surface area contributed by atoms with Gasteiger partial charge in [-0.15, -0.1) is 5.10 Å². The second-order valence-corrected chi connectivity index (χ2v) is 6.30. The summed E-state index contributed by atoms with van der Waals surface area (Å²) in [7, 11) is 0. The lowest BCUT2D eigenvalue weighted by Crippen LogP contribution is -2.36. The van der Waals surface area contributed by atoms with Crippen LogP contribution in [-0.4, -0.2) is 48.4 Å². The predicted molar refractivity (Wildman–Crippen MR) is 89.7 cm³/mol. The van der Waals surface area contributed by atoms with E-state index in [1.165, 1.54) is 5.56 Å². The number of benzene rings is 1. The lowest BCUT2D eigenvalue weighted by molar-refractivity contribution is 0.155. The Kier molecular flexibility index (Phi) is 4.08. The predicted octanol–water partition coefficient (Wildman–Crippen LogP) is 2.33. The van der Waals surface area contributed by atoms with Crippen LogP contribution < -0.4 is 0 Å². The molecule has 3 heterocycles. The van der Waals surface area contributed by atoms with Gasteiger partial charge in [-0.05, 0) is 66.9 Å². The van der Waals surface area contributed by atoms with E-state index in [0.29, 0.717) is 5.92 Å². The van der Waals surface area contributed by atoms with Crippen molar-refractivity contribution in [1.29, 1.82) is 0 Å². The first-order valence-corrected chi connectivity index (χ1v) is 8.39. The molecule has 0 unspecified atom stereocenters. The second kappa shape index (κ2) is 6.52. The molecule has 1 N–H and O–H groups in total. The highest BCUT2D eigenvalue weighted by atomic mass is 15.6. The van der Waals surface area contributed by atoms with Crippen molar-refractivity contribution in [3.05, 3.63) is 54.1 Å². The number of likely N-dealkylation sites (tertiary alicyclic amines) is 1. The third-order valence-corrected chi connectivity index (χ3v) is 4.94. The Morgan fingerprint density at radius 2 is 1.96 bits per heavy atom. The molecular weight excluding hydrogens is 302 g/mol. The van der Waals surface area contributed by atoms with Crippen LogP contribution in [0.2, 0.25) is 0 Å². The summed E-state index contributed by atoms with van der Waals surface area (Å²) in [4.78, 5) is 2.46. The fraction of sp³-hybridized carbons (Fsp3) is 0.412. The standard InChI is InChI=1S/C17H21N7/c1-13(17-20-21-22-24(17)16-5-3-2-4-6-16)23-9-7-14(8-10-23)15-11-18-19-12-15/h2-6,11-14H,7-10H2,1H3,(H,18,19)/t13-/m0/s1. The minimum absolute atomic E-state index is 0.186. The number of hydrogen-bond donors (Lipinski definition) is 1. The van der Waals surface area contributed by atoms with Crippen molar-refractivity contribution >= 4 is 0 Å². The van der Waals surface area contributed by atoms with Crippen molar-refractivity contribution in [2.75, 3.05) is 13.1 Å². The van der Waals surface area contributed by atoms with Gasteiger partial charge in [0.2, 0.25) is 0 Å². The fourth-order valence-electron chi connectivity index (χ4n) is 3.48. The van der Waals surface area contributed by atoms with E-state index in [4.69, 9.17) is 0 Å². The van der Waals surface area contributed by atoms with E-state index >= 15 is 0 Å². The lowest BCUT2D eigenvalue weighted by Gasteiger charge is -2.35. The number of aromatic nitrogens is 6. The Morgan fingerprint density at radius 1 is 1.17 bits per heavy atom. The van der Waals surface area contributed by atoms with Gasteiger partial charge in [-0.2, -0.15) is 9.78 Å². The zero-order chi connectivity index (χ0) is 16.4. The Bertz CT molecular complexity index is 757. The van der Waals surface area contributed by atoms with Gasteiger partial charge in [-0.25, -0.2) is 0 Å². The van der Waals surface area contributed by atoms with Gasteiger partial charge in [0.1, 0.15) is 0 Å². The molecule has 7 heteroatoms. The van der Waals surface area contributed by atoms with E-state index in [-0.39, 0.29) is 6.04 Å². The zero-order valence-corrected chi connectivity index (χ0v) is 13.7. The maximum absolute atomic E-state index is 4.28. The maximum Gasteiger partial charge on any atom is 0.173 e. The van der Waals surface area contributed by atoms with Crippen molar-refractivity contribution in [3.8, 4) is 5.69 Å².